The Labute approximate surface area is 56.4 Å². The predicted octanol–water partition coefficient (Wildman–Crippen LogP) is 1.72. The summed E-state index contributed by atoms with van der Waals surface area (Å²) in [4.78, 5) is 0. The van der Waals surface area contributed by atoms with Gasteiger partial charge in [-0.2, -0.15) is 5.26 Å². The molecule has 0 bridgehead atoms. The monoisotopic (exact) mass is 127 g/mol. The second kappa shape index (κ2) is 3.47. The smallest absolute Gasteiger partial charge is 0.151 e. The van der Waals surface area contributed by atoms with Crippen LogP contribution in [0.5, 0.6) is 0 Å². The fraction of sp³-hybridized carbons (Fsp3) is 0.857. The highest BCUT2D eigenvalue weighted by Gasteiger charge is 2.19. The summed E-state index contributed by atoms with van der Waals surface area (Å²) in [6, 6.07) is 2.11. The Hall–Kier alpha value is -0.550. The molecule has 0 aromatic rings. The van der Waals surface area contributed by atoms with Crippen LogP contribution in [0.2, 0.25) is 0 Å². The van der Waals surface area contributed by atoms with Crippen molar-refractivity contribution in [1.29, 1.82) is 5.26 Å². The first-order valence-corrected chi connectivity index (χ1v) is 3.23. The Morgan fingerprint density at radius 3 is 2.22 bits per heavy atom. The Morgan fingerprint density at radius 2 is 2.11 bits per heavy atom. The van der Waals surface area contributed by atoms with E-state index in [1.807, 2.05) is 13.8 Å². The largest absolute Gasteiger partial charge is 0.361 e. The molecule has 0 N–H and O–H groups in total. The van der Waals surface area contributed by atoms with Crippen LogP contribution >= 0.6 is 0 Å². The minimum atomic E-state index is -0.561. The first-order valence-electron chi connectivity index (χ1n) is 3.23. The van der Waals surface area contributed by atoms with Crippen LogP contribution in [0.25, 0.3) is 0 Å². The van der Waals surface area contributed by atoms with E-state index < -0.39 is 5.60 Å². The van der Waals surface area contributed by atoms with Crippen molar-refractivity contribution >= 4 is 0 Å². The molecule has 0 heterocycles. The predicted molar refractivity (Wildman–Crippen MR) is 35.9 cm³/mol. The highest BCUT2D eigenvalue weighted by atomic mass is 16.5. The molecule has 2 heteroatoms. The fourth-order valence-corrected chi connectivity index (χ4v) is 0.532. The fourth-order valence-electron chi connectivity index (χ4n) is 0.532. The van der Waals surface area contributed by atoms with Gasteiger partial charge in [0.2, 0.25) is 0 Å². The van der Waals surface area contributed by atoms with E-state index in [2.05, 4.69) is 6.07 Å². The molecule has 2 nitrogen and oxygen atoms in total. The van der Waals surface area contributed by atoms with Gasteiger partial charge in [-0.05, 0) is 20.3 Å². The molecule has 0 fully saturated rings. The van der Waals surface area contributed by atoms with Gasteiger partial charge in [0.25, 0.3) is 0 Å². The highest BCUT2D eigenvalue weighted by molar-refractivity contribution is 4.96. The summed E-state index contributed by atoms with van der Waals surface area (Å²) < 4.78 is 5.17. The van der Waals surface area contributed by atoms with Crippen LogP contribution < -0.4 is 0 Å². The number of nitrogens with zero attached hydrogens (tertiary/aromatic N) is 1. The van der Waals surface area contributed by atoms with Crippen LogP contribution in [0.1, 0.15) is 27.2 Å². The van der Waals surface area contributed by atoms with Gasteiger partial charge in [-0.3, -0.25) is 0 Å². The minimum Gasteiger partial charge on any atom is -0.361 e. The summed E-state index contributed by atoms with van der Waals surface area (Å²) in [5, 5.41) is 8.54. The molecule has 0 aromatic carbocycles. The van der Waals surface area contributed by atoms with Gasteiger partial charge in [-0.15, -0.1) is 0 Å². The molecule has 0 saturated heterocycles. The zero-order valence-corrected chi connectivity index (χ0v) is 6.27. The van der Waals surface area contributed by atoms with Gasteiger partial charge in [-0.25, -0.2) is 0 Å². The summed E-state index contributed by atoms with van der Waals surface area (Å²) in [6.45, 7) is 6.25. The van der Waals surface area contributed by atoms with Crippen LogP contribution in [0, 0.1) is 11.3 Å². The second-order valence-corrected chi connectivity index (χ2v) is 2.13. The van der Waals surface area contributed by atoms with Crippen molar-refractivity contribution in [1.82, 2.24) is 0 Å². The quantitative estimate of drug-likeness (QED) is 0.578. The van der Waals surface area contributed by atoms with E-state index in [9.17, 15) is 0 Å². The molecule has 0 rings (SSSR count). The van der Waals surface area contributed by atoms with E-state index in [1.165, 1.54) is 0 Å². The zero-order valence-electron chi connectivity index (χ0n) is 6.27. The molecule has 52 valence electrons. The maximum atomic E-state index is 8.54. The summed E-state index contributed by atoms with van der Waals surface area (Å²) in [5.41, 5.74) is -0.561. The van der Waals surface area contributed by atoms with Crippen molar-refractivity contribution in [2.45, 2.75) is 32.8 Å². The molecule has 0 aliphatic rings. The molecule has 0 spiro atoms. The average molecular weight is 127 g/mol. The molecule has 0 aliphatic carbocycles. The van der Waals surface area contributed by atoms with Gasteiger partial charge >= 0.3 is 0 Å². The molecular formula is C7H13NO. The van der Waals surface area contributed by atoms with Gasteiger partial charge in [-0.1, -0.05) is 6.92 Å². The molecule has 0 saturated carbocycles. The maximum Gasteiger partial charge on any atom is 0.151 e. The van der Waals surface area contributed by atoms with Crippen molar-refractivity contribution < 1.29 is 4.74 Å². The van der Waals surface area contributed by atoms with E-state index in [1.54, 1.807) is 6.92 Å². The summed E-state index contributed by atoms with van der Waals surface area (Å²) in [6.07, 6.45) is 0.747. The molecule has 9 heavy (non-hydrogen) atoms. The number of ether oxygens (including phenoxy) is 1. The van der Waals surface area contributed by atoms with Crippen LogP contribution in [0.3, 0.4) is 0 Å². The van der Waals surface area contributed by atoms with E-state index >= 15 is 0 Å². The average Bonchev–Trinajstić information content (AvgIpc) is 1.89. The maximum absolute atomic E-state index is 8.54. The lowest BCUT2D eigenvalue weighted by Crippen LogP contribution is -2.25. The molecule has 1 atom stereocenters. The van der Waals surface area contributed by atoms with Gasteiger partial charge in [0.05, 0.1) is 6.07 Å². The molecule has 0 aliphatic heterocycles. The lowest BCUT2D eigenvalue weighted by molar-refractivity contribution is 0.0172. The van der Waals surface area contributed by atoms with E-state index in [0.717, 1.165) is 6.42 Å². The van der Waals surface area contributed by atoms with Crippen LogP contribution in [-0.4, -0.2) is 12.2 Å². The topological polar surface area (TPSA) is 33.0 Å². The van der Waals surface area contributed by atoms with Crippen LogP contribution in [0.4, 0.5) is 0 Å². The molecule has 0 radical (unpaired) electrons. The third-order valence-electron chi connectivity index (χ3n) is 1.37. The van der Waals surface area contributed by atoms with Crippen molar-refractivity contribution in [3.05, 3.63) is 0 Å². The Bertz CT molecular complexity index is 117. The molecular weight excluding hydrogens is 114 g/mol. The first-order chi connectivity index (χ1) is 4.18. The zero-order chi connectivity index (χ0) is 7.33. The van der Waals surface area contributed by atoms with Gasteiger partial charge < -0.3 is 4.74 Å². The van der Waals surface area contributed by atoms with Gasteiger partial charge in [0.1, 0.15) is 0 Å². The van der Waals surface area contributed by atoms with Crippen LogP contribution in [0.15, 0.2) is 0 Å². The van der Waals surface area contributed by atoms with E-state index in [4.69, 9.17) is 10.00 Å². The van der Waals surface area contributed by atoms with E-state index in [-0.39, 0.29) is 0 Å². The highest BCUT2D eigenvalue weighted by Crippen LogP contribution is 2.12. The Balaban J connectivity index is 3.81. The lowest BCUT2D eigenvalue weighted by atomic mass is 10.1. The molecule has 1 unspecified atom stereocenters. The number of hydrogen-bond acceptors (Lipinski definition) is 2. The number of hydrogen-bond donors (Lipinski definition) is 0. The lowest BCUT2D eigenvalue weighted by Gasteiger charge is -2.18. The third kappa shape index (κ3) is 2.48. The molecule has 0 aromatic heterocycles. The van der Waals surface area contributed by atoms with E-state index in [0.29, 0.717) is 6.61 Å². The summed E-state index contributed by atoms with van der Waals surface area (Å²) >= 11 is 0. The number of rotatable bonds is 3. The normalized spacial score (nSPS) is 16.2. The summed E-state index contributed by atoms with van der Waals surface area (Å²) in [5.74, 6) is 0. The van der Waals surface area contributed by atoms with Crippen molar-refractivity contribution in [3.63, 3.8) is 0 Å². The van der Waals surface area contributed by atoms with Crippen molar-refractivity contribution in [3.8, 4) is 6.07 Å². The Morgan fingerprint density at radius 1 is 1.56 bits per heavy atom. The number of nitriles is 1. The summed E-state index contributed by atoms with van der Waals surface area (Å²) in [7, 11) is 0. The molecule has 0 amide bonds. The SMILES string of the molecule is CCOC(C)(C#N)CC. The van der Waals surface area contributed by atoms with Crippen molar-refractivity contribution in [2.75, 3.05) is 6.61 Å². The first kappa shape index (κ1) is 8.45. The Kier molecular flexibility index (Phi) is 3.26. The second-order valence-electron chi connectivity index (χ2n) is 2.13. The van der Waals surface area contributed by atoms with Crippen LogP contribution in [-0.2, 0) is 4.74 Å². The third-order valence-corrected chi connectivity index (χ3v) is 1.37. The standard InChI is InChI=1S/C7H13NO/c1-4-7(3,6-8)9-5-2/h4-5H2,1-3H3. The minimum absolute atomic E-state index is 0.561. The van der Waals surface area contributed by atoms with Gasteiger partial charge in [0, 0.05) is 6.61 Å². The van der Waals surface area contributed by atoms with Gasteiger partial charge in [0.15, 0.2) is 5.60 Å². The van der Waals surface area contributed by atoms with Crippen molar-refractivity contribution in [2.24, 2.45) is 0 Å².